The zero-order valence-corrected chi connectivity index (χ0v) is 14.8. The van der Waals surface area contributed by atoms with Crippen LogP contribution in [0.5, 0.6) is 5.75 Å². The van der Waals surface area contributed by atoms with Crippen molar-refractivity contribution in [3.63, 3.8) is 0 Å². The fraction of sp³-hybridized carbons (Fsp3) is 0.188. The van der Waals surface area contributed by atoms with Gasteiger partial charge in [0.15, 0.2) is 0 Å². The lowest BCUT2D eigenvalue weighted by Crippen LogP contribution is -2.27. The molecular formula is C16H15IN4O2. The molecule has 1 atom stereocenters. The van der Waals surface area contributed by atoms with Gasteiger partial charge in [-0.2, -0.15) is 9.36 Å². The van der Waals surface area contributed by atoms with Crippen LogP contribution in [0.1, 0.15) is 11.6 Å². The summed E-state index contributed by atoms with van der Waals surface area (Å²) >= 11 is 2.26. The molecule has 0 saturated heterocycles. The van der Waals surface area contributed by atoms with Crippen molar-refractivity contribution >= 4 is 22.6 Å². The predicted octanol–water partition coefficient (Wildman–Crippen LogP) is 2.52. The van der Waals surface area contributed by atoms with Crippen LogP contribution in [0.2, 0.25) is 0 Å². The minimum atomic E-state index is -0.328. The van der Waals surface area contributed by atoms with Crippen LogP contribution in [0, 0.1) is 10.5 Å². The van der Waals surface area contributed by atoms with Crippen molar-refractivity contribution in [1.29, 1.82) is 0 Å². The van der Waals surface area contributed by atoms with Crippen molar-refractivity contribution in [3.8, 4) is 5.75 Å². The molecule has 2 aromatic rings. The fourth-order valence-corrected chi connectivity index (χ4v) is 2.90. The molecule has 1 aliphatic carbocycles. The number of tetrazole rings is 1. The smallest absolute Gasteiger partial charge is 0.364 e. The number of rotatable bonds is 3. The van der Waals surface area contributed by atoms with Gasteiger partial charge in [0.2, 0.25) is 0 Å². The Morgan fingerprint density at radius 1 is 1.30 bits per heavy atom. The number of aromatic nitrogens is 4. The van der Waals surface area contributed by atoms with Crippen molar-refractivity contribution in [1.82, 2.24) is 19.8 Å². The Hall–Kier alpha value is -2.16. The minimum Gasteiger partial charge on any atom is -0.464 e. The van der Waals surface area contributed by atoms with E-state index in [-0.39, 0.29) is 11.7 Å². The van der Waals surface area contributed by atoms with Gasteiger partial charge in [-0.25, -0.2) is 4.79 Å². The summed E-state index contributed by atoms with van der Waals surface area (Å²) in [6.07, 6.45) is 9.20. The van der Waals surface area contributed by atoms with Crippen LogP contribution in [0.3, 0.4) is 0 Å². The Morgan fingerprint density at radius 3 is 2.83 bits per heavy atom. The topological polar surface area (TPSA) is 61.9 Å². The van der Waals surface area contributed by atoms with E-state index in [0.717, 1.165) is 20.5 Å². The van der Waals surface area contributed by atoms with Gasteiger partial charge >= 0.3 is 5.69 Å². The van der Waals surface area contributed by atoms with Crippen LogP contribution in [0.15, 0.2) is 59.1 Å². The molecule has 1 heterocycles. The van der Waals surface area contributed by atoms with Crippen LogP contribution in [0.4, 0.5) is 0 Å². The van der Waals surface area contributed by atoms with E-state index < -0.39 is 0 Å². The van der Waals surface area contributed by atoms with Crippen molar-refractivity contribution in [2.45, 2.75) is 13.0 Å². The summed E-state index contributed by atoms with van der Waals surface area (Å²) in [5, 5.41) is 7.67. The first-order chi connectivity index (χ1) is 11.1. The highest BCUT2D eigenvalue weighted by atomic mass is 127. The lowest BCUT2D eigenvalue weighted by Gasteiger charge is -2.16. The van der Waals surface area contributed by atoms with Crippen molar-refractivity contribution in [3.05, 3.63) is 74.0 Å². The normalized spacial score (nSPS) is 18.6. The Labute approximate surface area is 146 Å². The summed E-state index contributed by atoms with van der Waals surface area (Å²) in [5.41, 5.74) is 1.61. The number of aryl methyl sites for hydroxylation is 2. The zero-order chi connectivity index (χ0) is 16.4. The molecule has 23 heavy (non-hydrogen) atoms. The van der Waals surface area contributed by atoms with Gasteiger partial charge in [-0.3, -0.25) is 0 Å². The third-order valence-electron chi connectivity index (χ3n) is 3.50. The number of benzene rings is 1. The lowest BCUT2D eigenvalue weighted by molar-refractivity contribution is 0.459. The third-order valence-corrected chi connectivity index (χ3v) is 4.17. The molecule has 6 nitrogen and oxygen atoms in total. The summed E-state index contributed by atoms with van der Waals surface area (Å²) < 4.78 is 9.50. The van der Waals surface area contributed by atoms with E-state index in [0.29, 0.717) is 0 Å². The summed E-state index contributed by atoms with van der Waals surface area (Å²) in [7, 11) is 1.57. The lowest BCUT2D eigenvalue weighted by atomic mass is 10.0. The first-order valence-electron chi connectivity index (χ1n) is 7.02. The maximum Gasteiger partial charge on any atom is 0.364 e. The van der Waals surface area contributed by atoms with Crippen LogP contribution >= 0.6 is 22.6 Å². The summed E-state index contributed by atoms with van der Waals surface area (Å²) in [4.78, 5) is 12.1. The van der Waals surface area contributed by atoms with Gasteiger partial charge in [-0.05, 0) is 63.7 Å². The molecule has 118 valence electrons. The number of allylic oxidation sites excluding steroid dienone is 5. The molecule has 0 amide bonds. The molecule has 0 aliphatic heterocycles. The summed E-state index contributed by atoms with van der Waals surface area (Å²) in [6, 6.07) is 5.64. The van der Waals surface area contributed by atoms with Gasteiger partial charge in [0, 0.05) is 16.2 Å². The minimum absolute atomic E-state index is 0.272. The van der Waals surface area contributed by atoms with E-state index in [2.05, 4.69) is 39.1 Å². The maximum atomic E-state index is 12.1. The van der Waals surface area contributed by atoms with Crippen molar-refractivity contribution in [2.75, 3.05) is 0 Å². The first kappa shape index (κ1) is 15.7. The Balaban J connectivity index is 1.90. The van der Waals surface area contributed by atoms with E-state index >= 15 is 0 Å². The molecule has 1 aromatic carbocycles. The van der Waals surface area contributed by atoms with Crippen molar-refractivity contribution < 1.29 is 4.74 Å². The standard InChI is InChI=1S/C16H15IN4O2/c1-11-9-13(17)7-8-15(11)23-10-12-5-3-4-6-14(12)21-16(22)20(2)18-19-21/h3-10,14H,1-2H3/b12-10-. The third kappa shape index (κ3) is 3.29. The zero-order valence-electron chi connectivity index (χ0n) is 12.7. The van der Waals surface area contributed by atoms with Crippen LogP contribution < -0.4 is 10.4 Å². The molecule has 1 unspecified atom stereocenters. The van der Waals surface area contributed by atoms with E-state index in [4.69, 9.17) is 4.74 Å². The fourth-order valence-electron chi connectivity index (χ4n) is 2.26. The molecule has 1 aromatic heterocycles. The molecule has 0 N–H and O–H groups in total. The van der Waals surface area contributed by atoms with Crippen LogP contribution in [-0.4, -0.2) is 19.8 Å². The second kappa shape index (κ2) is 6.53. The number of nitrogens with zero attached hydrogens (tertiary/aromatic N) is 4. The summed E-state index contributed by atoms with van der Waals surface area (Å²) in [6.45, 7) is 2.00. The predicted molar refractivity (Wildman–Crippen MR) is 95.2 cm³/mol. The largest absolute Gasteiger partial charge is 0.464 e. The molecule has 0 spiro atoms. The molecular weight excluding hydrogens is 407 g/mol. The molecule has 0 fully saturated rings. The Morgan fingerprint density at radius 2 is 2.13 bits per heavy atom. The first-order valence-corrected chi connectivity index (χ1v) is 8.10. The van der Waals surface area contributed by atoms with E-state index in [1.165, 1.54) is 9.36 Å². The van der Waals surface area contributed by atoms with Gasteiger partial charge in [-0.1, -0.05) is 24.3 Å². The highest BCUT2D eigenvalue weighted by Gasteiger charge is 2.19. The molecule has 7 heteroatoms. The highest BCUT2D eigenvalue weighted by molar-refractivity contribution is 14.1. The molecule has 0 radical (unpaired) electrons. The van der Waals surface area contributed by atoms with E-state index in [1.54, 1.807) is 13.3 Å². The van der Waals surface area contributed by atoms with Gasteiger partial charge in [0.05, 0.1) is 6.26 Å². The van der Waals surface area contributed by atoms with Gasteiger partial charge in [-0.15, -0.1) is 0 Å². The molecule has 0 saturated carbocycles. The van der Waals surface area contributed by atoms with Gasteiger partial charge in [0.25, 0.3) is 0 Å². The Kier molecular flexibility index (Phi) is 4.46. The monoisotopic (exact) mass is 422 g/mol. The molecule has 0 bridgehead atoms. The number of halogens is 1. The molecule has 3 rings (SSSR count). The highest BCUT2D eigenvalue weighted by Crippen LogP contribution is 2.25. The average molecular weight is 422 g/mol. The van der Waals surface area contributed by atoms with E-state index in [9.17, 15) is 4.79 Å². The average Bonchev–Trinajstić information content (AvgIpc) is 2.86. The van der Waals surface area contributed by atoms with Crippen LogP contribution in [0.25, 0.3) is 0 Å². The second-order valence-electron chi connectivity index (χ2n) is 5.16. The number of hydrogen-bond donors (Lipinski definition) is 0. The number of ether oxygens (including phenoxy) is 1. The molecule has 1 aliphatic rings. The quantitative estimate of drug-likeness (QED) is 0.564. The van der Waals surface area contributed by atoms with Gasteiger partial charge in [0.1, 0.15) is 11.8 Å². The number of hydrogen-bond acceptors (Lipinski definition) is 4. The Bertz CT molecular complexity index is 876. The van der Waals surface area contributed by atoms with Crippen molar-refractivity contribution in [2.24, 2.45) is 7.05 Å². The van der Waals surface area contributed by atoms with Crippen LogP contribution in [-0.2, 0) is 7.05 Å². The summed E-state index contributed by atoms with van der Waals surface area (Å²) in [5.74, 6) is 0.783. The maximum absolute atomic E-state index is 12.1. The van der Waals surface area contributed by atoms with E-state index in [1.807, 2.05) is 43.4 Å². The second-order valence-corrected chi connectivity index (χ2v) is 6.41. The van der Waals surface area contributed by atoms with Gasteiger partial charge < -0.3 is 4.74 Å². The SMILES string of the molecule is Cc1cc(I)ccc1O/C=C1/C=CC=CC1n1nnn(C)c1=O.